The van der Waals surface area contributed by atoms with Crippen molar-refractivity contribution in [1.82, 2.24) is 0 Å². The van der Waals surface area contributed by atoms with Gasteiger partial charge in [0.15, 0.2) is 5.78 Å². The van der Waals surface area contributed by atoms with Crippen LogP contribution in [0.25, 0.3) is 0 Å². The van der Waals surface area contributed by atoms with E-state index < -0.39 is 0 Å². The second-order valence-electron chi connectivity index (χ2n) is 4.68. The summed E-state index contributed by atoms with van der Waals surface area (Å²) in [5.74, 6) is 0.0386. The molecule has 2 N–H and O–H groups in total. The quantitative estimate of drug-likeness (QED) is 0.652. The highest BCUT2D eigenvalue weighted by molar-refractivity contribution is 8.00. The summed E-state index contributed by atoms with van der Waals surface area (Å²) in [5.41, 5.74) is 7.14. The van der Waals surface area contributed by atoms with Gasteiger partial charge in [-0.1, -0.05) is 19.3 Å². The lowest BCUT2D eigenvalue weighted by molar-refractivity contribution is 0.101. The number of hydrogen-bond donors (Lipinski definition) is 1. The molecule has 1 aromatic rings. The number of ketones is 1. The average molecular weight is 249 g/mol. The minimum absolute atomic E-state index is 0.0386. The van der Waals surface area contributed by atoms with Gasteiger partial charge in [-0.25, -0.2) is 0 Å². The van der Waals surface area contributed by atoms with Crippen molar-refractivity contribution < 1.29 is 4.79 Å². The highest BCUT2D eigenvalue weighted by Crippen LogP contribution is 2.34. The molecule has 0 unspecified atom stereocenters. The largest absolute Gasteiger partial charge is 0.398 e. The molecular formula is C14H19NOS. The fourth-order valence-corrected chi connectivity index (χ4v) is 3.61. The van der Waals surface area contributed by atoms with E-state index in [1.165, 1.54) is 37.0 Å². The Morgan fingerprint density at radius 1 is 1.29 bits per heavy atom. The Morgan fingerprint density at radius 3 is 2.59 bits per heavy atom. The van der Waals surface area contributed by atoms with Gasteiger partial charge in [0, 0.05) is 21.4 Å². The first kappa shape index (κ1) is 12.5. The van der Waals surface area contributed by atoms with Gasteiger partial charge in [-0.15, -0.1) is 11.8 Å². The van der Waals surface area contributed by atoms with Gasteiger partial charge >= 0.3 is 0 Å². The van der Waals surface area contributed by atoms with Gasteiger partial charge in [-0.2, -0.15) is 0 Å². The number of hydrogen-bond acceptors (Lipinski definition) is 3. The topological polar surface area (TPSA) is 43.1 Å². The molecule has 0 spiro atoms. The summed E-state index contributed by atoms with van der Waals surface area (Å²) in [6.45, 7) is 1.56. The number of rotatable bonds is 3. The molecule has 0 saturated heterocycles. The molecule has 0 bridgehead atoms. The second kappa shape index (κ2) is 5.58. The maximum absolute atomic E-state index is 11.3. The third-order valence-corrected chi connectivity index (χ3v) is 4.59. The fourth-order valence-electron chi connectivity index (χ4n) is 2.31. The number of thioether (sulfide) groups is 1. The number of carbonyl (C=O) groups is 1. The molecule has 1 aliphatic rings. The lowest BCUT2D eigenvalue weighted by atomic mass is 10.0. The van der Waals surface area contributed by atoms with E-state index in [0.717, 1.165) is 5.25 Å². The monoisotopic (exact) mass is 249 g/mol. The maximum Gasteiger partial charge on any atom is 0.161 e. The van der Waals surface area contributed by atoms with Crippen molar-refractivity contribution in [3.8, 4) is 0 Å². The molecule has 1 saturated carbocycles. The standard InChI is InChI=1S/C14H19NOS/c1-10(16)13-8-7-12(9-14(13)15)17-11-5-3-2-4-6-11/h7-9,11H,2-6,15H2,1H3. The summed E-state index contributed by atoms with van der Waals surface area (Å²) < 4.78 is 0. The first-order valence-electron chi connectivity index (χ1n) is 6.24. The van der Waals surface area contributed by atoms with E-state index in [2.05, 4.69) is 0 Å². The van der Waals surface area contributed by atoms with Gasteiger partial charge in [0.2, 0.25) is 0 Å². The number of carbonyl (C=O) groups excluding carboxylic acids is 1. The third-order valence-electron chi connectivity index (χ3n) is 3.26. The summed E-state index contributed by atoms with van der Waals surface area (Å²) in [6, 6.07) is 5.81. The Bertz CT molecular complexity index is 411. The predicted octanol–water partition coefficient (Wildman–Crippen LogP) is 3.90. The van der Waals surface area contributed by atoms with Crippen molar-refractivity contribution in [2.75, 3.05) is 5.73 Å². The van der Waals surface area contributed by atoms with E-state index >= 15 is 0 Å². The van der Waals surface area contributed by atoms with Crippen LogP contribution < -0.4 is 5.73 Å². The number of nitrogen functional groups attached to an aromatic ring is 1. The van der Waals surface area contributed by atoms with Crippen molar-refractivity contribution in [2.24, 2.45) is 0 Å². The molecule has 3 heteroatoms. The zero-order valence-electron chi connectivity index (χ0n) is 10.2. The Hall–Kier alpha value is -0.960. The maximum atomic E-state index is 11.3. The molecule has 17 heavy (non-hydrogen) atoms. The van der Waals surface area contributed by atoms with Crippen LogP contribution in [0.1, 0.15) is 49.4 Å². The predicted molar refractivity (Wildman–Crippen MR) is 73.6 cm³/mol. The van der Waals surface area contributed by atoms with Crippen LogP contribution in [0.15, 0.2) is 23.1 Å². The van der Waals surface area contributed by atoms with Crippen LogP contribution >= 0.6 is 11.8 Å². The summed E-state index contributed by atoms with van der Waals surface area (Å²) in [4.78, 5) is 12.5. The summed E-state index contributed by atoms with van der Waals surface area (Å²) >= 11 is 1.91. The van der Waals surface area contributed by atoms with Crippen molar-refractivity contribution in [3.05, 3.63) is 23.8 Å². The molecule has 1 aromatic carbocycles. The smallest absolute Gasteiger partial charge is 0.161 e. The first-order valence-corrected chi connectivity index (χ1v) is 7.12. The van der Waals surface area contributed by atoms with Crippen LogP contribution in [-0.4, -0.2) is 11.0 Å². The van der Waals surface area contributed by atoms with Crippen LogP contribution in [-0.2, 0) is 0 Å². The van der Waals surface area contributed by atoms with Gasteiger partial charge in [0.25, 0.3) is 0 Å². The van der Waals surface area contributed by atoms with E-state index in [0.29, 0.717) is 11.3 Å². The molecule has 0 aliphatic heterocycles. The molecule has 0 heterocycles. The zero-order chi connectivity index (χ0) is 12.3. The molecule has 0 atom stereocenters. The van der Waals surface area contributed by atoms with Crippen molar-refractivity contribution in [1.29, 1.82) is 0 Å². The van der Waals surface area contributed by atoms with E-state index in [1.807, 2.05) is 30.0 Å². The molecule has 1 fully saturated rings. The van der Waals surface area contributed by atoms with Crippen molar-refractivity contribution in [3.63, 3.8) is 0 Å². The van der Waals surface area contributed by atoms with Gasteiger partial charge in [0.05, 0.1) is 0 Å². The van der Waals surface area contributed by atoms with Crippen molar-refractivity contribution in [2.45, 2.75) is 49.2 Å². The highest BCUT2D eigenvalue weighted by atomic mass is 32.2. The average Bonchev–Trinajstić information content (AvgIpc) is 2.30. The van der Waals surface area contributed by atoms with Crippen LogP contribution in [0, 0.1) is 0 Å². The molecule has 1 aliphatic carbocycles. The highest BCUT2D eigenvalue weighted by Gasteiger charge is 2.15. The number of benzene rings is 1. The fraction of sp³-hybridized carbons (Fsp3) is 0.500. The molecule has 2 rings (SSSR count). The van der Waals surface area contributed by atoms with Gasteiger partial charge in [-0.05, 0) is 38.0 Å². The SMILES string of the molecule is CC(=O)c1ccc(SC2CCCCC2)cc1N. The van der Waals surface area contributed by atoms with Crippen LogP contribution in [0.4, 0.5) is 5.69 Å². The third kappa shape index (κ3) is 3.25. The minimum Gasteiger partial charge on any atom is -0.398 e. The molecule has 0 aromatic heterocycles. The van der Waals surface area contributed by atoms with E-state index in [9.17, 15) is 4.79 Å². The van der Waals surface area contributed by atoms with Crippen LogP contribution in [0.5, 0.6) is 0 Å². The summed E-state index contributed by atoms with van der Waals surface area (Å²) in [7, 11) is 0. The van der Waals surface area contributed by atoms with Gasteiger partial charge in [0.1, 0.15) is 0 Å². The Morgan fingerprint density at radius 2 is 2.00 bits per heavy atom. The number of Topliss-reactive ketones (excluding diaryl/α,β-unsaturated/α-hetero) is 1. The summed E-state index contributed by atoms with van der Waals surface area (Å²) in [5, 5.41) is 0.728. The van der Waals surface area contributed by atoms with E-state index in [4.69, 9.17) is 5.73 Å². The van der Waals surface area contributed by atoms with Gasteiger partial charge < -0.3 is 5.73 Å². The van der Waals surface area contributed by atoms with Crippen LogP contribution in [0.3, 0.4) is 0 Å². The van der Waals surface area contributed by atoms with Crippen molar-refractivity contribution >= 4 is 23.2 Å². The number of anilines is 1. The van der Waals surface area contributed by atoms with E-state index in [-0.39, 0.29) is 5.78 Å². The normalized spacial score (nSPS) is 17.0. The van der Waals surface area contributed by atoms with E-state index in [1.54, 1.807) is 6.92 Å². The Labute approximate surface area is 107 Å². The summed E-state index contributed by atoms with van der Waals surface area (Å²) in [6.07, 6.45) is 6.68. The molecule has 2 nitrogen and oxygen atoms in total. The lowest BCUT2D eigenvalue weighted by Gasteiger charge is -2.21. The molecule has 0 amide bonds. The molecule has 0 radical (unpaired) electrons. The molecule has 92 valence electrons. The van der Waals surface area contributed by atoms with Crippen LogP contribution in [0.2, 0.25) is 0 Å². The second-order valence-corrected chi connectivity index (χ2v) is 6.06. The van der Waals surface area contributed by atoms with Gasteiger partial charge in [-0.3, -0.25) is 4.79 Å². The zero-order valence-corrected chi connectivity index (χ0v) is 11.1. The number of nitrogens with two attached hydrogens (primary N) is 1. The molecular weight excluding hydrogens is 230 g/mol. The lowest BCUT2D eigenvalue weighted by Crippen LogP contribution is -2.08. The Balaban J connectivity index is 2.06. The first-order chi connectivity index (χ1) is 8.16. The Kier molecular flexibility index (Phi) is 4.11. The minimum atomic E-state index is 0.0386.